The normalized spacial score (nSPS) is 11.9. The fourth-order valence-electron chi connectivity index (χ4n) is 0.494. The average Bonchev–Trinajstić information content (AvgIpc) is 1.80. The fraction of sp³-hybridized carbons (Fsp3) is 0.750. The molecule has 0 fully saturated rings. The van der Waals surface area contributed by atoms with Crippen LogP contribution in [0, 0.1) is 11.8 Å². The lowest BCUT2D eigenvalue weighted by Crippen LogP contribution is -1.96. The largest absolute Gasteiger partial charge is 0.393 e. The molecule has 1 atom stereocenters. The van der Waals surface area contributed by atoms with Crippen LogP contribution < -0.4 is 0 Å². The smallest absolute Gasteiger partial charge is 0.0521 e. The Kier molecular flexibility index (Phi) is 5.35. The van der Waals surface area contributed by atoms with Gasteiger partial charge in [-0.25, -0.2) is 0 Å². The van der Waals surface area contributed by atoms with Crippen LogP contribution in [0.5, 0.6) is 0 Å². The molecule has 0 aliphatic carbocycles. The first-order chi connectivity index (χ1) is 4.27. The van der Waals surface area contributed by atoms with Gasteiger partial charge in [0.25, 0.3) is 0 Å². The predicted molar refractivity (Wildman–Crippen MR) is 39.0 cm³/mol. The Hall–Kier alpha value is -0.480. The molecule has 0 aliphatic heterocycles. The van der Waals surface area contributed by atoms with Gasteiger partial charge in [0.15, 0.2) is 0 Å². The van der Waals surface area contributed by atoms with E-state index >= 15 is 0 Å². The van der Waals surface area contributed by atoms with E-state index in [1.807, 2.05) is 6.92 Å². The highest BCUT2D eigenvalue weighted by Crippen LogP contribution is 1.92. The summed E-state index contributed by atoms with van der Waals surface area (Å²) in [4.78, 5) is 0. The van der Waals surface area contributed by atoms with E-state index in [0.29, 0.717) is 0 Å². The van der Waals surface area contributed by atoms with Gasteiger partial charge in [0.1, 0.15) is 0 Å². The molecule has 0 aromatic rings. The van der Waals surface area contributed by atoms with Gasteiger partial charge in [-0.2, -0.15) is 0 Å². The summed E-state index contributed by atoms with van der Waals surface area (Å²) in [6, 6.07) is 0. The highest BCUT2D eigenvalue weighted by molar-refractivity contribution is 4.97. The van der Waals surface area contributed by atoms with E-state index in [-0.39, 0.29) is 6.10 Å². The van der Waals surface area contributed by atoms with Gasteiger partial charge >= 0.3 is 0 Å². The van der Waals surface area contributed by atoms with Gasteiger partial charge in [0, 0.05) is 12.8 Å². The second kappa shape index (κ2) is 5.65. The van der Waals surface area contributed by atoms with E-state index in [4.69, 9.17) is 5.11 Å². The monoisotopic (exact) mass is 126 g/mol. The molecule has 1 heteroatoms. The van der Waals surface area contributed by atoms with Gasteiger partial charge in [-0.15, -0.1) is 11.8 Å². The molecule has 0 heterocycles. The first kappa shape index (κ1) is 8.52. The van der Waals surface area contributed by atoms with Gasteiger partial charge in [-0.3, -0.25) is 0 Å². The third kappa shape index (κ3) is 7.52. The van der Waals surface area contributed by atoms with Crippen LogP contribution in [0.4, 0.5) is 0 Å². The lowest BCUT2D eigenvalue weighted by Gasteiger charge is -1.95. The topological polar surface area (TPSA) is 20.2 Å². The first-order valence-corrected chi connectivity index (χ1v) is 3.41. The Morgan fingerprint density at radius 3 is 2.56 bits per heavy atom. The van der Waals surface area contributed by atoms with Crippen molar-refractivity contribution in [2.24, 2.45) is 0 Å². The molecule has 52 valence electrons. The van der Waals surface area contributed by atoms with Crippen LogP contribution in [0.2, 0.25) is 0 Å². The Morgan fingerprint density at radius 2 is 2.11 bits per heavy atom. The van der Waals surface area contributed by atoms with Crippen LogP contribution in [0.3, 0.4) is 0 Å². The molecule has 0 saturated carbocycles. The summed E-state index contributed by atoms with van der Waals surface area (Å²) in [5.74, 6) is 5.90. The molecule has 9 heavy (non-hydrogen) atoms. The van der Waals surface area contributed by atoms with E-state index in [1.165, 1.54) is 0 Å². The van der Waals surface area contributed by atoms with Crippen molar-refractivity contribution in [2.75, 3.05) is 0 Å². The number of hydrogen-bond donors (Lipinski definition) is 1. The third-order valence-electron chi connectivity index (χ3n) is 0.989. The lowest BCUT2D eigenvalue weighted by atomic mass is 10.2. The highest BCUT2D eigenvalue weighted by Gasteiger charge is 1.89. The molecule has 0 bridgehead atoms. The van der Waals surface area contributed by atoms with Crippen LogP contribution in [0.1, 0.15) is 33.1 Å². The average molecular weight is 126 g/mol. The van der Waals surface area contributed by atoms with Crippen molar-refractivity contribution < 1.29 is 5.11 Å². The van der Waals surface area contributed by atoms with Crippen LogP contribution >= 0.6 is 0 Å². The van der Waals surface area contributed by atoms with E-state index < -0.39 is 0 Å². The van der Waals surface area contributed by atoms with E-state index in [1.54, 1.807) is 6.92 Å². The molecule has 0 spiro atoms. The van der Waals surface area contributed by atoms with Gasteiger partial charge in [0.05, 0.1) is 6.10 Å². The van der Waals surface area contributed by atoms with E-state index in [2.05, 4.69) is 11.8 Å². The molecule has 1 N–H and O–H groups in total. The molecule has 0 aromatic carbocycles. The molecule has 1 nitrogen and oxygen atoms in total. The van der Waals surface area contributed by atoms with Crippen LogP contribution in [0.15, 0.2) is 0 Å². The van der Waals surface area contributed by atoms with Gasteiger partial charge in [-0.05, 0) is 13.3 Å². The first-order valence-electron chi connectivity index (χ1n) is 3.41. The molecular weight excluding hydrogens is 112 g/mol. The lowest BCUT2D eigenvalue weighted by molar-refractivity contribution is 0.186. The Labute approximate surface area is 57.1 Å². The summed E-state index contributed by atoms with van der Waals surface area (Å²) in [6.07, 6.45) is 2.34. The minimum Gasteiger partial charge on any atom is -0.393 e. The zero-order valence-electron chi connectivity index (χ0n) is 6.15. The molecule has 0 saturated heterocycles. The van der Waals surface area contributed by atoms with Crippen molar-refractivity contribution in [3.05, 3.63) is 0 Å². The minimum absolute atomic E-state index is 0.198. The number of aliphatic hydroxyl groups is 1. The maximum atomic E-state index is 8.78. The number of hydrogen-bond acceptors (Lipinski definition) is 1. The second-order valence-corrected chi connectivity index (χ2v) is 2.09. The summed E-state index contributed by atoms with van der Waals surface area (Å²) in [5.41, 5.74) is 0. The quantitative estimate of drug-likeness (QED) is 0.557. The minimum atomic E-state index is -0.198. The molecule has 1 unspecified atom stereocenters. The fourth-order valence-corrected chi connectivity index (χ4v) is 0.494. The molecule has 0 aliphatic rings. The van der Waals surface area contributed by atoms with Crippen molar-refractivity contribution in [1.29, 1.82) is 0 Å². The SMILES string of the molecule is CCC#CCCC(C)O. The predicted octanol–water partition coefficient (Wildman–Crippen LogP) is 1.56. The highest BCUT2D eigenvalue weighted by atomic mass is 16.3. The molecule has 0 rings (SSSR count). The van der Waals surface area contributed by atoms with Gasteiger partial charge in [0.2, 0.25) is 0 Å². The Balaban J connectivity index is 3.09. The zero-order chi connectivity index (χ0) is 7.11. The summed E-state index contributed by atoms with van der Waals surface area (Å²) in [5, 5.41) is 8.78. The van der Waals surface area contributed by atoms with Crippen molar-refractivity contribution in [3.63, 3.8) is 0 Å². The Morgan fingerprint density at radius 1 is 1.44 bits per heavy atom. The summed E-state index contributed by atoms with van der Waals surface area (Å²) < 4.78 is 0. The molecule has 0 aromatic heterocycles. The molecule has 0 amide bonds. The summed E-state index contributed by atoms with van der Waals surface area (Å²) in [6.45, 7) is 3.81. The maximum Gasteiger partial charge on any atom is 0.0521 e. The van der Waals surface area contributed by atoms with Crippen LogP contribution in [-0.4, -0.2) is 11.2 Å². The van der Waals surface area contributed by atoms with Crippen LogP contribution in [-0.2, 0) is 0 Å². The summed E-state index contributed by atoms with van der Waals surface area (Å²) in [7, 11) is 0. The van der Waals surface area contributed by atoms with Crippen molar-refractivity contribution in [3.8, 4) is 11.8 Å². The molecular formula is C8H14O. The Bertz CT molecular complexity index is 105. The van der Waals surface area contributed by atoms with Gasteiger partial charge in [-0.1, -0.05) is 6.92 Å². The van der Waals surface area contributed by atoms with Crippen molar-refractivity contribution in [1.82, 2.24) is 0 Å². The third-order valence-corrected chi connectivity index (χ3v) is 0.989. The maximum absolute atomic E-state index is 8.78. The number of rotatable bonds is 2. The van der Waals surface area contributed by atoms with Gasteiger partial charge < -0.3 is 5.11 Å². The number of aliphatic hydroxyl groups excluding tert-OH is 1. The van der Waals surface area contributed by atoms with E-state index in [9.17, 15) is 0 Å². The molecule has 0 radical (unpaired) electrons. The van der Waals surface area contributed by atoms with Crippen molar-refractivity contribution in [2.45, 2.75) is 39.2 Å². The second-order valence-electron chi connectivity index (χ2n) is 2.09. The van der Waals surface area contributed by atoms with E-state index in [0.717, 1.165) is 19.3 Å². The zero-order valence-corrected chi connectivity index (χ0v) is 6.15. The van der Waals surface area contributed by atoms with Crippen molar-refractivity contribution >= 4 is 0 Å². The standard InChI is InChI=1S/C8H14O/c1-3-4-5-6-7-8(2)9/h8-9H,3,6-7H2,1-2H3. The van der Waals surface area contributed by atoms with Crippen LogP contribution in [0.25, 0.3) is 0 Å². The summed E-state index contributed by atoms with van der Waals surface area (Å²) >= 11 is 0.